The van der Waals surface area contributed by atoms with E-state index in [0.717, 1.165) is 18.4 Å². The van der Waals surface area contributed by atoms with Crippen molar-refractivity contribution in [2.45, 2.75) is 25.9 Å². The average molecular weight is 150 g/mol. The standard InChI is InChI=1S/C10H14O/c1-2-6-10(11)9-7-4-3-5-8-9/h3-5,7-8,10-11H,2,6H2,1H3/t10-/m0/s1. The molecule has 0 unspecified atom stereocenters. The minimum absolute atomic E-state index is 0.277. The highest BCUT2D eigenvalue weighted by molar-refractivity contribution is 5.16. The largest absolute Gasteiger partial charge is 0.388 e. The van der Waals surface area contributed by atoms with E-state index in [4.69, 9.17) is 0 Å². The summed E-state index contributed by atoms with van der Waals surface area (Å²) in [5.74, 6) is 0. The molecule has 0 aliphatic rings. The van der Waals surface area contributed by atoms with E-state index in [2.05, 4.69) is 6.92 Å². The van der Waals surface area contributed by atoms with E-state index in [0.29, 0.717) is 0 Å². The lowest BCUT2D eigenvalue weighted by Gasteiger charge is -2.07. The molecule has 1 N–H and O–H groups in total. The van der Waals surface area contributed by atoms with E-state index in [-0.39, 0.29) is 6.10 Å². The summed E-state index contributed by atoms with van der Waals surface area (Å²) in [6.45, 7) is 2.08. The van der Waals surface area contributed by atoms with Crippen LogP contribution in [0, 0.1) is 0 Å². The van der Waals surface area contributed by atoms with Crippen molar-refractivity contribution in [2.24, 2.45) is 0 Å². The summed E-state index contributed by atoms with van der Waals surface area (Å²) in [5.41, 5.74) is 1.02. The third-order valence-electron chi connectivity index (χ3n) is 1.75. The Morgan fingerprint density at radius 2 is 1.91 bits per heavy atom. The van der Waals surface area contributed by atoms with E-state index < -0.39 is 0 Å². The molecule has 1 atom stereocenters. The first-order valence-electron chi connectivity index (χ1n) is 4.07. The maximum Gasteiger partial charge on any atom is 0.0790 e. The van der Waals surface area contributed by atoms with E-state index in [1.807, 2.05) is 30.3 Å². The molecule has 0 amide bonds. The fourth-order valence-electron chi connectivity index (χ4n) is 1.12. The Morgan fingerprint density at radius 3 is 2.45 bits per heavy atom. The smallest absolute Gasteiger partial charge is 0.0790 e. The Hall–Kier alpha value is -0.820. The van der Waals surface area contributed by atoms with Crippen LogP contribution in [-0.2, 0) is 0 Å². The molecule has 0 aliphatic carbocycles. The highest BCUT2D eigenvalue weighted by atomic mass is 16.3. The molecule has 0 bridgehead atoms. The Balaban J connectivity index is 2.61. The molecular formula is C10H14O. The zero-order valence-corrected chi connectivity index (χ0v) is 6.83. The van der Waals surface area contributed by atoms with Crippen LogP contribution in [0.15, 0.2) is 30.3 Å². The van der Waals surface area contributed by atoms with E-state index in [9.17, 15) is 5.11 Å². The molecule has 0 saturated carbocycles. The number of aliphatic hydroxyl groups is 1. The summed E-state index contributed by atoms with van der Waals surface area (Å²) in [7, 11) is 0. The topological polar surface area (TPSA) is 20.2 Å². The van der Waals surface area contributed by atoms with Crippen LogP contribution in [0.2, 0.25) is 0 Å². The van der Waals surface area contributed by atoms with E-state index in [1.165, 1.54) is 0 Å². The SMILES string of the molecule is CCC[C@H](O)c1ccccc1. The maximum atomic E-state index is 9.52. The first-order chi connectivity index (χ1) is 5.34. The van der Waals surface area contributed by atoms with Gasteiger partial charge in [-0.3, -0.25) is 0 Å². The minimum Gasteiger partial charge on any atom is -0.388 e. The van der Waals surface area contributed by atoms with E-state index in [1.54, 1.807) is 0 Å². The molecule has 0 aromatic heterocycles. The van der Waals surface area contributed by atoms with Gasteiger partial charge in [-0.2, -0.15) is 0 Å². The molecule has 1 aromatic carbocycles. The first kappa shape index (κ1) is 8.28. The monoisotopic (exact) mass is 150 g/mol. The van der Waals surface area contributed by atoms with Gasteiger partial charge in [0.1, 0.15) is 0 Å². The summed E-state index contributed by atoms with van der Waals surface area (Å²) in [6.07, 6.45) is 1.60. The van der Waals surface area contributed by atoms with Gasteiger partial charge in [-0.15, -0.1) is 0 Å². The van der Waals surface area contributed by atoms with Crippen molar-refractivity contribution in [1.29, 1.82) is 0 Å². The van der Waals surface area contributed by atoms with Gasteiger partial charge in [-0.25, -0.2) is 0 Å². The van der Waals surface area contributed by atoms with Gasteiger partial charge in [0.2, 0.25) is 0 Å². The molecule has 1 nitrogen and oxygen atoms in total. The molecule has 0 fully saturated rings. The third kappa shape index (κ3) is 2.35. The van der Waals surface area contributed by atoms with Gasteiger partial charge in [0.15, 0.2) is 0 Å². The van der Waals surface area contributed by atoms with Gasteiger partial charge in [0, 0.05) is 0 Å². The second-order valence-electron chi connectivity index (χ2n) is 2.72. The summed E-state index contributed by atoms with van der Waals surface area (Å²) in [5, 5.41) is 9.52. The van der Waals surface area contributed by atoms with Gasteiger partial charge in [0.05, 0.1) is 6.10 Å². The van der Waals surface area contributed by atoms with Gasteiger partial charge in [-0.05, 0) is 12.0 Å². The minimum atomic E-state index is -0.277. The maximum absolute atomic E-state index is 9.52. The Labute approximate surface area is 67.7 Å². The third-order valence-corrected chi connectivity index (χ3v) is 1.75. The fourth-order valence-corrected chi connectivity index (χ4v) is 1.12. The van der Waals surface area contributed by atoms with Crippen molar-refractivity contribution < 1.29 is 5.11 Å². The molecule has 0 spiro atoms. The Kier molecular flexibility index (Phi) is 3.12. The van der Waals surface area contributed by atoms with Crippen LogP contribution in [0.1, 0.15) is 31.4 Å². The van der Waals surface area contributed by atoms with Crippen molar-refractivity contribution in [3.63, 3.8) is 0 Å². The van der Waals surface area contributed by atoms with Crippen LogP contribution in [0.4, 0.5) is 0 Å². The highest BCUT2D eigenvalue weighted by Crippen LogP contribution is 2.16. The van der Waals surface area contributed by atoms with Crippen molar-refractivity contribution >= 4 is 0 Å². The summed E-state index contributed by atoms with van der Waals surface area (Å²) in [6, 6.07) is 9.78. The Bertz CT molecular complexity index is 193. The molecular weight excluding hydrogens is 136 g/mol. The van der Waals surface area contributed by atoms with Crippen LogP contribution in [0.3, 0.4) is 0 Å². The van der Waals surface area contributed by atoms with Gasteiger partial charge in [-0.1, -0.05) is 43.7 Å². The van der Waals surface area contributed by atoms with Crippen LogP contribution >= 0.6 is 0 Å². The van der Waals surface area contributed by atoms with Crippen LogP contribution < -0.4 is 0 Å². The van der Waals surface area contributed by atoms with Gasteiger partial charge >= 0.3 is 0 Å². The number of rotatable bonds is 3. The molecule has 0 radical (unpaired) electrons. The molecule has 11 heavy (non-hydrogen) atoms. The molecule has 1 heteroatoms. The van der Waals surface area contributed by atoms with Gasteiger partial charge < -0.3 is 5.11 Å². The zero-order valence-electron chi connectivity index (χ0n) is 6.83. The number of aliphatic hydroxyl groups excluding tert-OH is 1. The number of benzene rings is 1. The molecule has 0 heterocycles. The quantitative estimate of drug-likeness (QED) is 0.702. The van der Waals surface area contributed by atoms with Crippen LogP contribution in [0.5, 0.6) is 0 Å². The van der Waals surface area contributed by atoms with Crippen molar-refractivity contribution in [1.82, 2.24) is 0 Å². The lowest BCUT2D eigenvalue weighted by atomic mass is 10.1. The van der Waals surface area contributed by atoms with Crippen molar-refractivity contribution in [3.05, 3.63) is 35.9 Å². The second kappa shape index (κ2) is 4.14. The number of hydrogen-bond acceptors (Lipinski definition) is 1. The summed E-state index contributed by atoms with van der Waals surface area (Å²) in [4.78, 5) is 0. The van der Waals surface area contributed by atoms with Crippen molar-refractivity contribution in [3.8, 4) is 0 Å². The lowest BCUT2D eigenvalue weighted by Crippen LogP contribution is -1.95. The highest BCUT2D eigenvalue weighted by Gasteiger charge is 2.03. The van der Waals surface area contributed by atoms with Gasteiger partial charge in [0.25, 0.3) is 0 Å². The fraction of sp³-hybridized carbons (Fsp3) is 0.400. The molecule has 0 aliphatic heterocycles. The predicted octanol–water partition coefficient (Wildman–Crippen LogP) is 2.52. The van der Waals surface area contributed by atoms with Crippen LogP contribution in [0.25, 0.3) is 0 Å². The zero-order chi connectivity index (χ0) is 8.10. The molecule has 1 aromatic rings. The lowest BCUT2D eigenvalue weighted by molar-refractivity contribution is 0.166. The predicted molar refractivity (Wildman–Crippen MR) is 46.3 cm³/mol. The molecule has 60 valence electrons. The number of hydrogen-bond donors (Lipinski definition) is 1. The molecule has 0 saturated heterocycles. The average Bonchev–Trinajstić information content (AvgIpc) is 2.07. The Morgan fingerprint density at radius 1 is 1.27 bits per heavy atom. The van der Waals surface area contributed by atoms with E-state index >= 15 is 0 Å². The second-order valence-corrected chi connectivity index (χ2v) is 2.72. The summed E-state index contributed by atoms with van der Waals surface area (Å²) < 4.78 is 0. The first-order valence-corrected chi connectivity index (χ1v) is 4.07. The van der Waals surface area contributed by atoms with Crippen molar-refractivity contribution in [2.75, 3.05) is 0 Å². The van der Waals surface area contributed by atoms with Crippen LogP contribution in [-0.4, -0.2) is 5.11 Å². The molecule has 1 rings (SSSR count). The normalized spacial score (nSPS) is 12.9. The summed E-state index contributed by atoms with van der Waals surface area (Å²) >= 11 is 0.